The lowest BCUT2D eigenvalue weighted by Gasteiger charge is -2.24. The van der Waals surface area contributed by atoms with Crippen molar-refractivity contribution in [3.8, 4) is 0 Å². The number of imidazole rings is 1. The van der Waals surface area contributed by atoms with Gasteiger partial charge in [-0.3, -0.25) is 0 Å². The van der Waals surface area contributed by atoms with Crippen LogP contribution in [0.5, 0.6) is 0 Å². The van der Waals surface area contributed by atoms with E-state index in [0.29, 0.717) is 6.61 Å². The van der Waals surface area contributed by atoms with Crippen LogP contribution in [0.25, 0.3) is 11.0 Å². The first-order valence-corrected chi connectivity index (χ1v) is 5.36. The van der Waals surface area contributed by atoms with Gasteiger partial charge in [0.2, 0.25) is 0 Å². The zero-order valence-corrected chi connectivity index (χ0v) is 8.75. The summed E-state index contributed by atoms with van der Waals surface area (Å²) < 4.78 is 5.41. The van der Waals surface area contributed by atoms with Gasteiger partial charge < -0.3 is 20.0 Å². The first-order valence-electron chi connectivity index (χ1n) is 5.36. The summed E-state index contributed by atoms with van der Waals surface area (Å²) in [6.45, 7) is 2.31. The largest absolute Gasteiger partial charge is 0.378 e. The van der Waals surface area contributed by atoms with Crippen molar-refractivity contribution in [1.29, 1.82) is 0 Å². The van der Waals surface area contributed by atoms with Crippen LogP contribution in [-0.4, -0.2) is 29.7 Å². The highest BCUT2D eigenvalue weighted by Gasteiger charge is 2.15. The Bertz CT molecular complexity index is 552. The molecule has 0 spiro atoms. The summed E-state index contributed by atoms with van der Waals surface area (Å²) in [4.78, 5) is 16.6. The summed E-state index contributed by atoms with van der Waals surface area (Å²) in [5.74, 6) is 0. The second-order valence-electron chi connectivity index (χ2n) is 3.97. The molecule has 0 aliphatic carbocycles. The zero-order chi connectivity index (χ0) is 11.0. The van der Waals surface area contributed by atoms with Crippen molar-refractivity contribution < 1.29 is 4.74 Å². The Morgan fingerprint density at radius 3 is 2.94 bits per heavy atom. The highest BCUT2D eigenvalue weighted by molar-refractivity contribution is 5.75. The van der Waals surface area contributed by atoms with Gasteiger partial charge in [0.15, 0.2) is 0 Å². The number of aromatic nitrogens is 2. The summed E-state index contributed by atoms with van der Waals surface area (Å²) in [6, 6.07) is 6.13. The average Bonchev–Trinajstić information content (AvgIpc) is 2.69. The molecule has 2 heterocycles. The quantitative estimate of drug-likeness (QED) is 0.654. The Balaban J connectivity index is 2.00. The lowest BCUT2D eigenvalue weighted by atomic mass is 10.1. The predicted octanol–water partition coefficient (Wildman–Crippen LogP) is 0.517. The van der Waals surface area contributed by atoms with Gasteiger partial charge in [-0.25, -0.2) is 4.79 Å². The summed E-state index contributed by atoms with van der Waals surface area (Å²) in [6.07, 6.45) is 0. The fraction of sp³-hybridized carbons (Fsp3) is 0.364. The van der Waals surface area contributed by atoms with Crippen molar-refractivity contribution in [1.82, 2.24) is 15.3 Å². The van der Waals surface area contributed by atoms with Gasteiger partial charge in [-0.15, -0.1) is 0 Å². The number of aromatic amines is 2. The molecule has 2 aromatic rings. The van der Waals surface area contributed by atoms with Crippen LogP contribution in [0.2, 0.25) is 0 Å². The lowest BCUT2D eigenvalue weighted by molar-refractivity contribution is 0.0769. The minimum absolute atomic E-state index is 0.167. The van der Waals surface area contributed by atoms with E-state index in [1.54, 1.807) is 0 Å². The van der Waals surface area contributed by atoms with Crippen molar-refractivity contribution in [2.45, 2.75) is 6.04 Å². The van der Waals surface area contributed by atoms with Crippen LogP contribution in [0.1, 0.15) is 11.6 Å². The minimum atomic E-state index is -0.167. The molecular formula is C11H13N3O2. The van der Waals surface area contributed by atoms with E-state index in [4.69, 9.17) is 4.74 Å². The smallest absolute Gasteiger partial charge is 0.323 e. The van der Waals surface area contributed by atoms with Crippen molar-refractivity contribution >= 4 is 11.0 Å². The van der Waals surface area contributed by atoms with Crippen LogP contribution in [0.15, 0.2) is 23.0 Å². The fourth-order valence-corrected chi connectivity index (χ4v) is 2.05. The minimum Gasteiger partial charge on any atom is -0.378 e. The van der Waals surface area contributed by atoms with Gasteiger partial charge >= 0.3 is 5.69 Å². The number of morpholine rings is 1. The number of hydrogen-bond acceptors (Lipinski definition) is 3. The zero-order valence-electron chi connectivity index (χ0n) is 8.75. The lowest BCUT2D eigenvalue weighted by Crippen LogP contribution is -2.34. The molecule has 0 radical (unpaired) electrons. The molecule has 1 aromatic carbocycles. The molecule has 16 heavy (non-hydrogen) atoms. The second kappa shape index (κ2) is 3.77. The number of hydrogen-bond donors (Lipinski definition) is 3. The Kier molecular flexibility index (Phi) is 2.27. The van der Waals surface area contributed by atoms with Gasteiger partial charge in [0.1, 0.15) is 0 Å². The van der Waals surface area contributed by atoms with Crippen molar-refractivity contribution in [2.75, 3.05) is 19.8 Å². The van der Waals surface area contributed by atoms with Crippen LogP contribution in [-0.2, 0) is 4.74 Å². The van der Waals surface area contributed by atoms with Crippen molar-refractivity contribution in [3.63, 3.8) is 0 Å². The van der Waals surface area contributed by atoms with Crippen LogP contribution >= 0.6 is 0 Å². The number of ether oxygens (including phenoxy) is 1. The van der Waals surface area contributed by atoms with Crippen LogP contribution in [0.4, 0.5) is 0 Å². The number of fused-ring (bicyclic) bond motifs is 1. The van der Waals surface area contributed by atoms with Crippen molar-refractivity contribution in [3.05, 3.63) is 34.2 Å². The maximum Gasteiger partial charge on any atom is 0.323 e. The molecular weight excluding hydrogens is 206 g/mol. The Hall–Kier alpha value is -1.59. The third-order valence-electron chi connectivity index (χ3n) is 2.86. The van der Waals surface area contributed by atoms with E-state index in [1.807, 2.05) is 18.2 Å². The summed E-state index contributed by atoms with van der Waals surface area (Å²) in [5, 5.41) is 3.38. The Morgan fingerprint density at radius 2 is 2.12 bits per heavy atom. The van der Waals surface area contributed by atoms with Crippen LogP contribution in [0, 0.1) is 0 Å². The van der Waals surface area contributed by atoms with Gasteiger partial charge in [0.05, 0.1) is 30.3 Å². The topological polar surface area (TPSA) is 69.9 Å². The van der Waals surface area contributed by atoms with Gasteiger partial charge in [0, 0.05) is 6.54 Å². The van der Waals surface area contributed by atoms with Gasteiger partial charge in [-0.05, 0) is 17.7 Å². The molecule has 0 saturated carbocycles. The number of benzene rings is 1. The van der Waals surface area contributed by atoms with E-state index < -0.39 is 0 Å². The number of H-pyrrole nitrogens is 2. The van der Waals surface area contributed by atoms with E-state index in [9.17, 15) is 4.79 Å². The number of rotatable bonds is 1. The molecule has 1 unspecified atom stereocenters. The Labute approximate surface area is 91.8 Å². The van der Waals surface area contributed by atoms with E-state index in [2.05, 4.69) is 15.3 Å². The summed E-state index contributed by atoms with van der Waals surface area (Å²) in [5.41, 5.74) is 2.66. The fourth-order valence-electron chi connectivity index (χ4n) is 2.05. The maximum atomic E-state index is 11.1. The molecule has 5 nitrogen and oxygen atoms in total. The molecule has 1 saturated heterocycles. The maximum absolute atomic E-state index is 11.1. The Morgan fingerprint density at radius 1 is 1.25 bits per heavy atom. The molecule has 1 aliphatic rings. The first-order chi connectivity index (χ1) is 7.83. The second-order valence-corrected chi connectivity index (χ2v) is 3.97. The highest BCUT2D eigenvalue weighted by Crippen LogP contribution is 2.19. The highest BCUT2D eigenvalue weighted by atomic mass is 16.5. The molecule has 3 N–H and O–H groups in total. The molecule has 5 heteroatoms. The molecule has 0 bridgehead atoms. The predicted molar refractivity (Wildman–Crippen MR) is 60.5 cm³/mol. The first kappa shape index (κ1) is 9.62. The summed E-state index contributed by atoms with van der Waals surface area (Å²) >= 11 is 0. The molecule has 0 amide bonds. The summed E-state index contributed by atoms with van der Waals surface area (Å²) in [7, 11) is 0. The van der Waals surface area contributed by atoms with E-state index in [1.165, 1.54) is 0 Å². The standard InChI is InChI=1S/C11H13N3O2/c15-11-13-8-2-1-7(5-9(8)14-11)10-6-16-4-3-12-10/h1-2,5,10,12H,3-4,6H2,(H2,13,14,15). The van der Waals surface area contributed by atoms with Crippen molar-refractivity contribution in [2.24, 2.45) is 0 Å². The average molecular weight is 219 g/mol. The van der Waals surface area contributed by atoms with Crippen LogP contribution < -0.4 is 11.0 Å². The molecule has 1 aliphatic heterocycles. The third kappa shape index (κ3) is 1.64. The monoisotopic (exact) mass is 219 g/mol. The van der Waals surface area contributed by atoms with Gasteiger partial charge in [-0.2, -0.15) is 0 Å². The van der Waals surface area contributed by atoms with Gasteiger partial charge in [0.25, 0.3) is 0 Å². The van der Waals surface area contributed by atoms with Gasteiger partial charge in [-0.1, -0.05) is 6.07 Å². The SMILES string of the molecule is O=c1[nH]c2ccc(C3COCCN3)cc2[nH]1. The van der Waals surface area contributed by atoms with Crippen LogP contribution in [0.3, 0.4) is 0 Å². The van der Waals surface area contributed by atoms with E-state index in [0.717, 1.165) is 29.7 Å². The molecule has 1 fully saturated rings. The van der Waals surface area contributed by atoms with E-state index >= 15 is 0 Å². The molecule has 1 atom stereocenters. The number of nitrogens with one attached hydrogen (secondary N) is 3. The normalized spacial score (nSPS) is 21.4. The molecule has 84 valence electrons. The third-order valence-corrected chi connectivity index (χ3v) is 2.86. The molecule has 1 aromatic heterocycles. The van der Waals surface area contributed by atoms with E-state index in [-0.39, 0.29) is 11.7 Å². The molecule has 3 rings (SSSR count).